The fourth-order valence-corrected chi connectivity index (χ4v) is 1.85. The summed E-state index contributed by atoms with van der Waals surface area (Å²) in [7, 11) is 0. The van der Waals surface area contributed by atoms with E-state index >= 15 is 0 Å². The number of hydrogen-bond donors (Lipinski definition) is 2. The molecule has 0 fully saturated rings. The molecule has 19 heavy (non-hydrogen) atoms. The maximum Gasteiger partial charge on any atom is 0.223 e. The molecule has 0 saturated heterocycles. The molecule has 1 aromatic carbocycles. The van der Waals surface area contributed by atoms with Gasteiger partial charge >= 0.3 is 0 Å². The number of benzene rings is 1. The average Bonchev–Trinajstić information content (AvgIpc) is 2.34. The van der Waals surface area contributed by atoms with Gasteiger partial charge in [0, 0.05) is 0 Å². The smallest absolute Gasteiger partial charge is 0.223 e. The Labute approximate surface area is 114 Å². The van der Waals surface area contributed by atoms with E-state index in [-0.39, 0.29) is 18.6 Å². The Morgan fingerprint density at radius 3 is 2.47 bits per heavy atom. The normalized spacial score (nSPS) is 12.0. The summed E-state index contributed by atoms with van der Waals surface area (Å²) in [6.07, 6.45) is 1.02. The van der Waals surface area contributed by atoms with Crippen LogP contribution in [0.4, 0.5) is 0 Å². The Morgan fingerprint density at radius 1 is 1.32 bits per heavy atom. The molecular formula is C15H23NO3. The van der Waals surface area contributed by atoms with E-state index < -0.39 is 0 Å². The molecule has 1 aromatic rings. The van der Waals surface area contributed by atoms with Crippen LogP contribution < -0.4 is 10.1 Å². The van der Waals surface area contributed by atoms with Gasteiger partial charge in [0.2, 0.25) is 5.91 Å². The second kappa shape index (κ2) is 7.79. The number of carbonyl (C=O) groups excluding carboxylic acids is 1. The largest absolute Gasteiger partial charge is 0.493 e. The first-order valence-electron chi connectivity index (χ1n) is 6.66. The van der Waals surface area contributed by atoms with Gasteiger partial charge in [0.25, 0.3) is 0 Å². The number of amides is 1. The van der Waals surface area contributed by atoms with Gasteiger partial charge in [-0.25, -0.2) is 0 Å². The molecule has 0 spiro atoms. The van der Waals surface area contributed by atoms with Crippen molar-refractivity contribution in [3.05, 3.63) is 29.3 Å². The average molecular weight is 265 g/mol. The van der Waals surface area contributed by atoms with Gasteiger partial charge in [0.15, 0.2) is 0 Å². The lowest BCUT2D eigenvalue weighted by Crippen LogP contribution is -2.37. The van der Waals surface area contributed by atoms with Crippen molar-refractivity contribution in [3.63, 3.8) is 0 Å². The predicted octanol–water partition coefficient (Wildman–Crippen LogP) is 1.96. The number of aliphatic hydroxyl groups excluding tert-OH is 1. The lowest BCUT2D eigenvalue weighted by molar-refractivity contribution is -0.122. The zero-order valence-corrected chi connectivity index (χ0v) is 11.9. The van der Waals surface area contributed by atoms with E-state index in [2.05, 4.69) is 11.4 Å². The van der Waals surface area contributed by atoms with E-state index in [1.807, 2.05) is 32.9 Å². The zero-order chi connectivity index (χ0) is 14.3. The van der Waals surface area contributed by atoms with Crippen molar-refractivity contribution in [1.82, 2.24) is 5.32 Å². The molecule has 0 aromatic heterocycles. The van der Waals surface area contributed by atoms with Crippen LogP contribution in [0.5, 0.6) is 5.75 Å². The Balaban J connectivity index is 2.35. The molecule has 2 N–H and O–H groups in total. The number of carbonyl (C=O) groups is 1. The number of ether oxygens (including phenoxy) is 1. The molecule has 0 bridgehead atoms. The summed E-state index contributed by atoms with van der Waals surface area (Å²) in [6, 6.07) is 5.82. The number of hydrogen-bond acceptors (Lipinski definition) is 3. The highest BCUT2D eigenvalue weighted by Gasteiger charge is 2.09. The van der Waals surface area contributed by atoms with Crippen LogP contribution in [-0.4, -0.2) is 30.3 Å². The Bertz CT molecular complexity index is 394. The Hall–Kier alpha value is -1.55. The summed E-state index contributed by atoms with van der Waals surface area (Å²) in [5.74, 6) is 0.699. The van der Waals surface area contributed by atoms with Crippen LogP contribution in [0.2, 0.25) is 0 Å². The highest BCUT2D eigenvalue weighted by molar-refractivity contribution is 5.76. The molecule has 0 saturated carbocycles. The van der Waals surface area contributed by atoms with Crippen molar-refractivity contribution in [2.75, 3.05) is 13.2 Å². The summed E-state index contributed by atoms with van der Waals surface area (Å²) < 4.78 is 5.56. The highest BCUT2D eigenvalue weighted by atomic mass is 16.5. The molecule has 1 amide bonds. The number of aliphatic hydroxyl groups is 1. The SMILES string of the molecule is CC[C@H](CO)NC(=O)CCOc1cc(C)cc(C)c1. The second-order valence-corrected chi connectivity index (χ2v) is 4.78. The van der Waals surface area contributed by atoms with Crippen molar-refractivity contribution in [1.29, 1.82) is 0 Å². The molecule has 1 atom stereocenters. The van der Waals surface area contributed by atoms with Crippen molar-refractivity contribution in [2.45, 2.75) is 39.7 Å². The maximum absolute atomic E-state index is 11.6. The van der Waals surface area contributed by atoms with Crippen molar-refractivity contribution in [3.8, 4) is 5.75 Å². The molecule has 0 radical (unpaired) electrons. The van der Waals surface area contributed by atoms with Crippen LogP contribution in [0.3, 0.4) is 0 Å². The van der Waals surface area contributed by atoms with E-state index in [4.69, 9.17) is 9.84 Å². The molecule has 0 heterocycles. The maximum atomic E-state index is 11.6. The lowest BCUT2D eigenvalue weighted by atomic mass is 10.1. The van der Waals surface area contributed by atoms with Crippen molar-refractivity contribution < 1.29 is 14.6 Å². The monoisotopic (exact) mass is 265 g/mol. The first kappa shape index (κ1) is 15.5. The Kier molecular flexibility index (Phi) is 6.36. The van der Waals surface area contributed by atoms with E-state index in [1.54, 1.807) is 0 Å². The van der Waals surface area contributed by atoms with Gasteiger partial charge in [-0.15, -0.1) is 0 Å². The lowest BCUT2D eigenvalue weighted by Gasteiger charge is -2.14. The minimum atomic E-state index is -0.159. The minimum Gasteiger partial charge on any atom is -0.493 e. The van der Waals surface area contributed by atoms with Gasteiger partial charge in [-0.3, -0.25) is 4.79 Å². The van der Waals surface area contributed by atoms with E-state index in [1.165, 1.54) is 0 Å². The highest BCUT2D eigenvalue weighted by Crippen LogP contribution is 2.16. The summed E-state index contributed by atoms with van der Waals surface area (Å²) >= 11 is 0. The molecule has 0 aliphatic carbocycles. The van der Waals surface area contributed by atoms with Crippen LogP contribution in [0, 0.1) is 13.8 Å². The van der Waals surface area contributed by atoms with Crippen molar-refractivity contribution in [2.24, 2.45) is 0 Å². The first-order chi connectivity index (χ1) is 9.05. The molecular weight excluding hydrogens is 242 g/mol. The van der Waals surface area contributed by atoms with E-state index in [0.717, 1.165) is 23.3 Å². The van der Waals surface area contributed by atoms with Gasteiger partial charge < -0.3 is 15.2 Å². The molecule has 4 heteroatoms. The van der Waals surface area contributed by atoms with Gasteiger partial charge in [-0.1, -0.05) is 13.0 Å². The van der Waals surface area contributed by atoms with Crippen LogP contribution >= 0.6 is 0 Å². The quantitative estimate of drug-likeness (QED) is 0.792. The molecule has 0 unspecified atom stereocenters. The van der Waals surface area contributed by atoms with Crippen molar-refractivity contribution >= 4 is 5.91 Å². The van der Waals surface area contributed by atoms with Crippen LogP contribution in [0.15, 0.2) is 18.2 Å². The predicted molar refractivity (Wildman–Crippen MR) is 75.3 cm³/mol. The minimum absolute atomic E-state index is 0.0276. The van der Waals surface area contributed by atoms with Gasteiger partial charge in [0.1, 0.15) is 5.75 Å². The molecule has 4 nitrogen and oxygen atoms in total. The van der Waals surface area contributed by atoms with Crippen LogP contribution in [0.25, 0.3) is 0 Å². The fraction of sp³-hybridized carbons (Fsp3) is 0.533. The summed E-state index contributed by atoms with van der Waals surface area (Å²) in [5.41, 5.74) is 2.29. The fourth-order valence-electron chi connectivity index (χ4n) is 1.85. The van der Waals surface area contributed by atoms with Gasteiger partial charge in [-0.2, -0.15) is 0 Å². The third-order valence-electron chi connectivity index (χ3n) is 2.87. The van der Waals surface area contributed by atoms with Crippen LogP contribution in [0.1, 0.15) is 30.9 Å². The van der Waals surface area contributed by atoms with Gasteiger partial charge in [-0.05, 0) is 43.5 Å². The first-order valence-corrected chi connectivity index (χ1v) is 6.66. The number of nitrogens with one attached hydrogen (secondary N) is 1. The topological polar surface area (TPSA) is 58.6 Å². The van der Waals surface area contributed by atoms with E-state index in [0.29, 0.717) is 13.0 Å². The number of aryl methyl sites for hydroxylation is 2. The third-order valence-corrected chi connectivity index (χ3v) is 2.87. The Morgan fingerprint density at radius 2 is 1.95 bits per heavy atom. The summed E-state index contributed by atoms with van der Waals surface area (Å²) in [6.45, 7) is 6.27. The van der Waals surface area contributed by atoms with Crippen LogP contribution in [-0.2, 0) is 4.79 Å². The molecule has 0 aliphatic rings. The molecule has 0 aliphatic heterocycles. The summed E-state index contributed by atoms with van der Waals surface area (Å²) in [4.78, 5) is 11.6. The van der Waals surface area contributed by atoms with Gasteiger partial charge in [0.05, 0.1) is 25.7 Å². The molecule has 106 valence electrons. The molecule has 1 rings (SSSR count). The summed E-state index contributed by atoms with van der Waals surface area (Å²) in [5, 5.41) is 11.7. The standard InChI is InChI=1S/C15H23NO3/c1-4-13(10-17)16-15(18)5-6-19-14-8-11(2)7-12(3)9-14/h7-9,13,17H,4-6,10H2,1-3H3,(H,16,18)/t13-/m1/s1. The zero-order valence-electron chi connectivity index (χ0n) is 11.9. The second-order valence-electron chi connectivity index (χ2n) is 4.78. The third kappa shape index (κ3) is 5.75. The number of rotatable bonds is 7. The van der Waals surface area contributed by atoms with E-state index in [9.17, 15) is 4.79 Å².